The standard InChI is InChI=1S/C24H40O2/c1-4-5-18-21-24(2,3)22-19-16-14-12-10-8-6-7-9-11-13-15-17-20-23(25)26/h6-7,10-13,16,19H,4-5,8-9,14-15,17-18,20-22H2,1-3H3,(H,25,26)/b7-6-,12-10-,13-11-,19-16-. The molecule has 0 rings (SSSR count). The SMILES string of the molecule is CCCCCC(C)(C)C/C=C\C/C=C\C/C=C\C/C=C\CCCC(=O)O. The van der Waals surface area contributed by atoms with Crippen molar-refractivity contribution >= 4 is 5.97 Å². The van der Waals surface area contributed by atoms with Crippen molar-refractivity contribution in [1.29, 1.82) is 0 Å². The second-order valence-corrected chi connectivity index (χ2v) is 7.70. The first kappa shape index (κ1) is 24.4. The topological polar surface area (TPSA) is 37.3 Å². The molecule has 26 heavy (non-hydrogen) atoms. The van der Waals surface area contributed by atoms with Crippen LogP contribution in [0.2, 0.25) is 0 Å². The lowest BCUT2D eigenvalue weighted by Gasteiger charge is -2.22. The highest BCUT2D eigenvalue weighted by Gasteiger charge is 2.14. The molecule has 0 fully saturated rings. The second-order valence-electron chi connectivity index (χ2n) is 7.70. The molecule has 0 aliphatic rings. The fourth-order valence-corrected chi connectivity index (χ4v) is 2.66. The number of rotatable bonds is 16. The first-order chi connectivity index (χ1) is 12.5. The summed E-state index contributed by atoms with van der Waals surface area (Å²) in [4.78, 5) is 10.4. The van der Waals surface area contributed by atoms with Crippen molar-refractivity contribution in [3.63, 3.8) is 0 Å². The number of aliphatic carboxylic acids is 1. The normalized spacial score (nSPS) is 13.0. The van der Waals surface area contributed by atoms with Crippen LogP contribution in [0.25, 0.3) is 0 Å². The molecule has 0 saturated carbocycles. The molecule has 0 bridgehead atoms. The Kier molecular flexibility index (Phi) is 15.9. The van der Waals surface area contributed by atoms with Crippen molar-refractivity contribution in [1.82, 2.24) is 0 Å². The largest absolute Gasteiger partial charge is 0.481 e. The van der Waals surface area contributed by atoms with Crippen molar-refractivity contribution in [2.45, 2.75) is 91.4 Å². The Balaban J connectivity index is 3.65. The van der Waals surface area contributed by atoms with Gasteiger partial charge in [0.15, 0.2) is 0 Å². The van der Waals surface area contributed by atoms with Crippen LogP contribution in [0.5, 0.6) is 0 Å². The molecule has 0 aliphatic carbocycles. The molecule has 0 aromatic carbocycles. The van der Waals surface area contributed by atoms with E-state index in [0.717, 1.165) is 32.1 Å². The van der Waals surface area contributed by atoms with Gasteiger partial charge in [0.1, 0.15) is 0 Å². The summed E-state index contributed by atoms with van der Waals surface area (Å²) in [7, 11) is 0. The highest BCUT2D eigenvalue weighted by atomic mass is 16.4. The molecule has 0 aromatic heterocycles. The lowest BCUT2D eigenvalue weighted by atomic mass is 9.83. The average Bonchev–Trinajstić information content (AvgIpc) is 2.58. The zero-order chi connectivity index (χ0) is 19.5. The minimum atomic E-state index is -0.712. The van der Waals surface area contributed by atoms with Crippen LogP contribution in [0.4, 0.5) is 0 Å². The van der Waals surface area contributed by atoms with Gasteiger partial charge < -0.3 is 5.11 Å². The first-order valence-corrected chi connectivity index (χ1v) is 10.3. The van der Waals surface area contributed by atoms with Crippen LogP contribution >= 0.6 is 0 Å². The third-order valence-corrected chi connectivity index (χ3v) is 4.37. The Morgan fingerprint density at radius 2 is 1.35 bits per heavy atom. The van der Waals surface area contributed by atoms with E-state index in [9.17, 15) is 4.79 Å². The molecule has 0 atom stereocenters. The van der Waals surface area contributed by atoms with Gasteiger partial charge in [-0.15, -0.1) is 0 Å². The van der Waals surface area contributed by atoms with E-state index in [4.69, 9.17) is 5.11 Å². The van der Waals surface area contributed by atoms with Gasteiger partial charge >= 0.3 is 5.97 Å². The summed E-state index contributed by atoms with van der Waals surface area (Å²) in [5.41, 5.74) is 0.430. The predicted octanol–water partition coefficient (Wildman–Crippen LogP) is 7.63. The van der Waals surface area contributed by atoms with E-state index in [1.54, 1.807) is 0 Å². The lowest BCUT2D eigenvalue weighted by molar-refractivity contribution is -0.137. The zero-order valence-corrected chi connectivity index (χ0v) is 17.3. The maximum absolute atomic E-state index is 10.4. The highest BCUT2D eigenvalue weighted by Crippen LogP contribution is 2.28. The summed E-state index contributed by atoms with van der Waals surface area (Å²) >= 11 is 0. The summed E-state index contributed by atoms with van der Waals surface area (Å²) in [6.07, 6.45) is 28.8. The summed E-state index contributed by atoms with van der Waals surface area (Å²) < 4.78 is 0. The Labute approximate surface area is 161 Å². The van der Waals surface area contributed by atoms with E-state index in [1.165, 1.54) is 32.1 Å². The molecule has 0 radical (unpaired) electrons. The minimum Gasteiger partial charge on any atom is -0.481 e. The monoisotopic (exact) mass is 360 g/mol. The van der Waals surface area contributed by atoms with Crippen LogP contribution in [0.3, 0.4) is 0 Å². The van der Waals surface area contributed by atoms with Gasteiger partial charge in [-0.1, -0.05) is 88.6 Å². The fraction of sp³-hybridized carbons (Fsp3) is 0.625. The molecule has 2 heteroatoms. The summed E-state index contributed by atoms with van der Waals surface area (Å²) in [5.74, 6) is -0.712. The number of carbonyl (C=O) groups is 1. The van der Waals surface area contributed by atoms with Gasteiger partial charge in [0.05, 0.1) is 0 Å². The van der Waals surface area contributed by atoms with Gasteiger partial charge in [-0.2, -0.15) is 0 Å². The first-order valence-electron chi connectivity index (χ1n) is 10.3. The van der Waals surface area contributed by atoms with E-state index >= 15 is 0 Å². The van der Waals surface area contributed by atoms with Crippen molar-refractivity contribution < 1.29 is 9.90 Å². The number of hydrogen-bond donors (Lipinski definition) is 1. The molecular weight excluding hydrogens is 320 g/mol. The number of carboxylic acid groups (broad SMARTS) is 1. The fourth-order valence-electron chi connectivity index (χ4n) is 2.66. The number of unbranched alkanes of at least 4 members (excludes halogenated alkanes) is 3. The smallest absolute Gasteiger partial charge is 0.303 e. The van der Waals surface area contributed by atoms with Crippen LogP contribution in [-0.4, -0.2) is 11.1 Å². The average molecular weight is 361 g/mol. The van der Waals surface area contributed by atoms with E-state index in [2.05, 4.69) is 69.4 Å². The van der Waals surface area contributed by atoms with Gasteiger partial charge in [-0.3, -0.25) is 4.79 Å². The summed E-state index contributed by atoms with van der Waals surface area (Å²) in [5, 5.41) is 8.53. The van der Waals surface area contributed by atoms with Crippen LogP contribution in [0.1, 0.15) is 91.4 Å². The molecule has 0 amide bonds. The molecule has 1 N–H and O–H groups in total. The van der Waals surface area contributed by atoms with E-state index < -0.39 is 5.97 Å². The van der Waals surface area contributed by atoms with Gasteiger partial charge in [-0.05, 0) is 50.4 Å². The quantitative estimate of drug-likeness (QED) is 0.227. The Morgan fingerprint density at radius 1 is 0.808 bits per heavy atom. The van der Waals surface area contributed by atoms with Gasteiger partial charge in [0.25, 0.3) is 0 Å². The van der Waals surface area contributed by atoms with Crippen LogP contribution in [0, 0.1) is 5.41 Å². The zero-order valence-electron chi connectivity index (χ0n) is 17.3. The molecule has 0 aromatic rings. The van der Waals surface area contributed by atoms with Crippen molar-refractivity contribution in [2.24, 2.45) is 5.41 Å². The number of allylic oxidation sites excluding steroid dienone is 8. The van der Waals surface area contributed by atoms with Crippen molar-refractivity contribution in [3.8, 4) is 0 Å². The van der Waals surface area contributed by atoms with E-state index in [1.807, 2.05) is 0 Å². The van der Waals surface area contributed by atoms with Gasteiger partial charge in [-0.25, -0.2) is 0 Å². The molecule has 0 spiro atoms. The van der Waals surface area contributed by atoms with Crippen molar-refractivity contribution in [3.05, 3.63) is 48.6 Å². The Hall–Kier alpha value is -1.57. The van der Waals surface area contributed by atoms with E-state index in [-0.39, 0.29) is 6.42 Å². The molecule has 0 aliphatic heterocycles. The summed E-state index contributed by atoms with van der Waals surface area (Å²) in [6, 6.07) is 0. The highest BCUT2D eigenvalue weighted by molar-refractivity contribution is 5.66. The maximum atomic E-state index is 10.4. The van der Waals surface area contributed by atoms with Crippen LogP contribution in [0.15, 0.2) is 48.6 Å². The molecule has 0 heterocycles. The molecule has 148 valence electrons. The van der Waals surface area contributed by atoms with Crippen LogP contribution < -0.4 is 0 Å². The van der Waals surface area contributed by atoms with Gasteiger partial charge in [0.2, 0.25) is 0 Å². The number of carboxylic acids is 1. The lowest BCUT2D eigenvalue weighted by Crippen LogP contribution is -2.09. The molecular formula is C24H40O2. The van der Waals surface area contributed by atoms with Crippen molar-refractivity contribution in [2.75, 3.05) is 0 Å². The van der Waals surface area contributed by atoms with Gasteiger partial charge in [0, 0.05) is 6.42 Å². The maximum Gasteiger partial charge on any atom is 0.303 e. The molecule has 0 unspecified atom stereocenters. The number of hydrogen-bond acceptors (Lipinski definition) is 1. The second kappa shape index (κ2) is 16.9. The van der Waals surface area contributed by atoms with Crippen LogP contribution in [-0.2, 0) is 4.79 Å². The third kappa shape index (κ3) is 18.8. The molecule has 2 nitrogen and oxygen atoms in total. The van der Waals surface area contributed by atoms with E-state index in [0.29, 0.717) is 5.41 Å². The Morgan fingerprint density at radius 3 is 1.88 bits per heavy atom. The Bertz CT molecular complexity index is 453. The predicted molar refractivity (Wildman–Crippen MR) is 114 cm³/mol. The summed E-state index contributed by atoms with van der Waals surface area (Å²) in [6.45, 7) is 7.00. The third-order valence-electron chi connectivity index (χ3n) is 4.37. The molecule has 0 saturated heterocycles. The minimum absolute atomic E-state index is 0.260.